The molecule has 2 aliphatic rings. The van der Waals surface area contributed by atoms with Crippen molar-refractivity contribution in [1.29, 1.82) is 0 Å². The summed E-state index contributed by atoms with van der Waals surface area (Å²) in [4.78, 5) is 21.2. The third kappa shape index (κ3) is 6.23. The molecule has 8 nitrogen and oxygen atoms in total. The second-order valence-corrected chi connectivity index (χ2v) is 12.3. The van der Waals surface area contributed by atoms with Gasteiger partial charge in [-0.2, -0.15) is 0 Å². The highest BCUT2D eigenvalue weighted by Crippen LogP contribution is 2.24. The third-order valence-corrected chi connectivity index (χ3v) is 7.92. The maximum atomic E-state index is 12.6. The molecule has 1 N–H and O–H groups in total. The Labute approximate surface area is 176 Å². The summed E-state index contributed by atoms with van der Waals surface area (Å²) < 4.78 is 29.4. The van der Waals surface area contributed by atoms with Gasteiger partial charge in [-0.25, -0.2) is 13.2 Å². The first kappa shape index (κ1) is 23.8. The number of nitrogens with one attached hydrogen (secondary N) is 1. The molecule has 0 aromatic heterocycles. The fraction of sp³-hybridized carbons (Fsp3) is 0.900. The Morgan fingerprint density at radius 3 is 2.52 bits per heavy atom. The van der Waals surface area contributed by atoms with Crippen LogP contribution in [0.3, 0.4) is 0 Å². The number of carbonyl (C=O) groups excluding carboxylic acids is 1. The van der Waals surface area contributed by atoms with Gasteiger partial charge in [0.25, 0.3) is 0 Å². The standard InChI is InChI=1S/C20H38N4O4S/c1-7-21-17(23-12-13-29(26,27)20(5,6)15-23)22-14-16-10-8-9-11-24(16)18(25)28-19(2,3)4/h16H,7-15H2,1-6H3,(H,21,22). The largest absolute Gasteiger partial charge is 0.444 e. The number of sulfone groups is 1. The van der Waals surface area contributed by atoms with Crippen LogP contribution in [-0.2, 0) is 14.6 Å². The Balaban J connectivity index is 2.12. The van der Waals surface area contributed by atoms with E-state index < -0.39 is 20.2 Å². The Bertz CT molecular complexity index is 712. The number of hydrogen-bond acceptors (Lipinski definition) is 5. The molecule has 29 heavy (non-hydrogen) atoms. The lowest BCUT2D eigenvalue weighted by Crippen LogP contribution is -2.57. The van der Waals surface area contributed by atoms with Gasteiger partial charge in [0, 0.05) is 26.2 Å². The van der Waals surface area contributed by atoms with Crippen LogP contribution in [0.15, 0.2) is 4.99 Å². The average molecular weight is 431 g/mol. The van der Waals surface area contributed by atoms with Crippen LogP contribution >= 0.6 is 0 Å². The van der Waals surface area contributed by atoms with E-state index in [4.69, 9.17) is 9.73 Å². The highest BCUT2D eigenvalue weighted by molar-refractivity contribution is 7.92. The zero-order valence-corrected chi connectivity index (χ0v) is 19.6. The normalized spacial score (nSPS) is 24.9. The number of hydrogen-bond donors (Lipinski definition) is 1. The Morgan fingerprint density at radius 2 is 1.93 bits per heavy atom. The molecular formula is C20H38N4O4S. The van der Waals surface area contributed by atoms with Crippen molar-refractivity contribution in [2.24, 2.45) is 4.99 Å². The van der Waals surface area contributed by atoms with Gasteiger partial charge in [-0.1, -0.05) is 0 Å². The first-order valence-corrected chi connectivity index (χ1v) is 12.3. The third-order valence-electron chi connectivity index (χ3n) is 5.38. The van der Waals surface area contributed by atoms with Gasteiger partial charge in [-0.15, -0.1) is 0 Å². The second-order valence-electron chi connectivity index (χ2n) is 9.52. The van der Waals surface area contributed by atoms with Crippen molar-refractivity contribution in [2.75, 3.05) is 38.5 Å². The summed E-state index contributed by atoms with van der Waals surface area (Å²) in [7, 11) is -3.11. The van der Waals surface area contributed by atoms with E-state index in [-0.39, 0.29) is 17.9 Å². The zero-order valence-electron chi connectivity index (χ0n) is 18.8. The summed E-state index contributed by atoms with van der Waals surface area (Å²) in [6, 6.07) is -0.00575. The van der Waals surface area contributed by atoms with Crippen LogP contribution in [0.5, 0.6) is 0 Å². The molecule has 1 amide bonds. The highest BCUT2D eigenvalue weighted by atomic mass is 32.2. The van der Waals surface area contributed by atoms with Crippen molar-refractivity contribution in [3.05, 3.63) is 0 Å². The minimum absolute atomic E-state index is 0.00575. The van der Waals surface area contributed by atoms with E-state index in [9.17, 15) is 13.2 Å². The van der Waals surface area contributed by atoms with E-state index in [2.05, 4.69) is 5.32 Å². The summed E-state index contributed by atoms with van der Waals surface area (Å²) >= 11 is 0. The van der Waals surface area contributed by atoms with Crippen molar-refractivity contribution in [2.45, 2.75) is 77.2 Å². The Hall–Kier alpha value is -1.51. The lowest BCUT2D eigenvalue weighted by molar-refractivity contribution is 0.0109. The summed E-state index contributed by atoms with van der Waals surface area (Å²) in [5.41, 5.74) is -0.526. The van der Waals surface area contributed by atoms with Crippen LogP contribution in [0.2, 0.25) is 0 Å². The number of amides is 1. The first-order chi connectivity index (χ1) is 13.4. The predicted molar refractivity (Wildman–Crippen MR) is 116 cm³/mol. The fourth-order valence-corrected chi connectivity index (χ4v) is 5.06. The molecule has 2 rings (SSSR count). The van der Waals surface area contributed by atoms with Gasteiger partial charge in [0.1, 0.15) is 5.60 Å². The zero-order chi connectivity index (χ0) is 21.9. The van der Waals surface area contributed by atoms with Gasteiger partial charge in [-0.05, 0) is 60.8 Å². The number of likely N-dealkylation sites (tertiary alicyclic amines) is 1. The molecule has 0 saturated carbocycles. The molecule has 2 saturated heterocycles. The molecule has 1 atom stereocenters. The number of carbonyl (C=O) groups is 1. The summed E-state index contributed by atoms with van der Waals surface area (Å²) in [5.74, 6) is 0.836. The second kappa shape index (κ2) is 9.10. The molecule has 0 aromatic carbocycles. The van der Waals surface area contributed by atoms with Crippen molar-refractivity contribution in [3.8, 4) is 0 Å². The van der Waals surface area contributed by atoms with Crippen LogP contribution in [0.25, 0.3) is 0 Å². The van der Waals surface area contributed by atoms with Gasteiger partial charge >= 0.3 is 6.09 Å². The summed E-state index contributed by atoms with van der Waals surface area (Å²) in [5, 5.41) is 3.29. The number of ether oxygens (including phenoxy) is 1. The topological polar surface area (TPSA) is 91.3 Å². The molecule has 0 aliphatic carbocycles. The maximum absolute atomic E-state index is 12.6. The number of piperidine rings is 1. The average Bonchev–Trinajstić information content (AvgIpc) is 2.60. The minimum Gasteiger partial charge on any atom is -0.444 e. The van der Waals surface area contributed by atoms with Crippen LogP contribution in [0.4, 0.5) is 4.79 Å². The minimum atomic E-state index is -3.11. The van der Waals surface area contributed by atoms with Crippen LogP contribution in [0, 0.1) is 0 Å². The molecule has 2 fully saturated rings. The van der Waals surface area contributed by atoms with Gasteiger partial charge in [0.05, 0.1) is 23.1 Å². The Morgan fingerprint density at radius 1 is 1.24 bits per heavy atom. The monoisotopic (exact) mass is 430 g/mol. The Kier molecular flexibility index (Phi) is 7.46. The molecule has 168 valence electrons. The smallest absolute Gasteiger partial charge is 0.410 e. The fourth-order valence-electron chi connectivity index (χ4n) is 3.69. The SMILES string of the molecule is CCNC(=NCC1CCCCN1C(=O)OC(C)(C)C)N1CCS(=O)(=O)C(C)(C)C1. The van der Waals surface area contributed by atoms with E-state index in [0.29, 0.717) is 38.7 Å². The highest BCUT2D eigenvalue weighted by Gasteiger charge is 2.41. The van der Waals surface area contributed by atoms with Crippen molar-refractivity contribution >= 4 is 21.9 Å². The van der Waals surface area contributed by atoms with Gasteiger partial charge in [0.2, 0.25) is 0 Å². The van der Waals surface area contributed by atoms with E-state index in [1.807, 2.05) is 32.6 Å². The van der Waals surface area contributed by atoms with Crippen molar-refractivity contribution in [3.63, 3.8) is 0 Å². The predicted octanol–water partition coefficient (Wildman–Crippen LogP) is 2.25. The number of guanidine groups is 1. The molecular weight excluding hydrogens is 392 g/mol. The molecule has 9 heteroatoms. The molecule has 0 radical (unpaired) electrons. The first-order valence-electron chi connectivity index (χ1n) is 10.6. The van der Waals surface area contributed by atoms with Gasteiger partial charge in [-0.3, -0.25) is 4.99 Å². The molecule has 1 unspecified atom stereocenters. The van der Waals surface area contributed by atoms with E-state index in [1.54, 1.807) is 18.7 Å². The van der Waals surface area contributed by atoms with E-state index >= 15 is 0 Å². The molecule has 2 aliphatic heterocycles. The van der Waals surface area contributed by atoms with Gasteiger partial charge < -0.3 is 19.9 Å². The van der Waals surface area contributed by atoms with E-state index in [0.717, 1.165) is 19.3 Å². The van der Waals surface area contributed by atoms with Gasteiger partial charge in [0.15, 0.2) is 15.8 Å². The quantitative estimate of drug-likeness (QED) is 0.545. The number of nitrogens with zero attached hydrogens (tertiary/aromatic N) is 3. The molecule has 2 heterocycles. The molecule has 0 aromatic rings. The van der Waals surface area contributed by atoms with Crippen molar-refractivity contribution in [1.82, 2.24) is 15.1 Å². The summed E-state index contributed by atoms with van der Waals surface area (Å²) in [6.45, 7) is 13.8. The lowest BCUT2D eigenvalue weighted by Gasteiger charge is -2.40. The molecule has 0 spiro atoms. The number of aliphatic imine (C=N–C) groups is 1. The lowest BCUT2D eigenvalue weighted by atomic mass is 10.0. The van der Waals surface area contributed by atoms with Crippen LogP contribution in [0.1, 0.15) is 60.8 Å². The van der Waals surface area contributed by atoms with E-state index in [1.165, 1.54) is 0 Å². The number of rotatable bonds is 3. The molecule has 0 bridgehead atoms. The van der Waals surface area contributed by atoms with Crippen LogP contribution in [-0.4, -0.2) is 85.1 Å². The van der Waals surface area contributed by atoms with Crippen molar-refractivity contribution < 1.29 is 17.9 Å². The van der Waals surface area contributed by atoms with Crippen LogP contribution < -0.4 is 5.32 Å². The maximum Gasteiger partial charge on any atom is 0.410 e. The summed E-state index contributed by atoms with van der Waals surface area (Å²) in [6.07, 6.45) is 2.64.